The van der Waals surface area contributed by atoms with Gasteiger partial charge in [0.15, 0.2) is 0 Å². The van der Waals surface area contributed by atoms with Gasteiger partial charge in [-0.3, -0.25) is 0 Å². The van der Waals surface area contributed by atoms with E-state index in [4.69, 9.17) is 0 Å². The number of benzene rings is 1. The molecule has 0 aliphatic carbocycles. The van der Waals surface area contributed by atoms with Gasteiger partial charge in [-0.1, -0.05) is 19.9 Å². The zero-order chi connectivity index (χ0) is 16.8. The lowest BCUT2D eigenvalue weighted by Gasteiger charge is -2.22. The van der Waals surface area contributed by atoms with E-state index < -0.39 is 0 Å². The van der Waals surface area contributed by atoms with Crippen molar-refractivity contribution in [2.75, 3.05) is 33.7 Å². The van der Waals surface area contributed by atoms with E-state index in [1.807, 2.05) is 18.2 Å². The predicted octanol–water partition coefficient (Wildman–Crippen LogP) is 1.95. The van der Waals surface area contributed by atoms with E-state index in [0.29, 0.717) is 24.5 Å². The van der Waals surface area contributed by atoms with Gasteiger partial charge in [-0.2, -0.15) is 0 Å². The second-order valence-electron chi connectivity index (χ2n) is 6.09. The minimum Gasteiger partial charge on any atom is -0.338 e. The maximum absolute atomic E-state index is 12.2. The van der Waals surface area contributed by atoms with Crippen molar-refractivity contribution in [2.24, 2.45) is 5.92 Å². The summed E-state index contributed by atoms with van der Waals surface area (Å²) in [5.74, 6) is 0.412. The second-order valence-corrected chi connectivity index (χ2v) is 6.09. The smallest absolute Gasteiger partial charge is 0.317 e. The fourth-order valence-electron chi connectivity index (χ4n) is 2.39. The number of amides is 2. The van der Waals surface area contributed by atoms with Crippen molar-refractivity contribution in [1.82, 2.24) is 25.4 Å². The summed E-state index contributed by atoms with van der Waals surface area (Å²) in [4.78, 5) is 16.1. The average molecular weight is 319 g/mol. The van der Waals surface area contributed by atoms with Crippen LogP contribution in [0.2, 0.25) is 0 Å². The first kappa shape index (κ1) is 17.2. The van der Waals surface area contributed by atoms with Gasteiger partial charge in [0.05, 0.1) is 0 Å². The zero-order valence-corrected chi connectivity index (χ0v) is 14.2. The predicted molar refractivity (Wildman–Crippen MR) is 89.0 cm³/mol. The Morgan fingerprint density at radius 2 is 2.04 bits per heavy atom. The number of hydrogen-bond acceptors (Lipinski definition) is 5. The molecule has 0 aliphatic heterocycles. The Hall–Kier alpha value is -2.15. The maximum Gasteiger partial charge on any atom is 0.317 e. The van der Waals surface area contributed by atoms with Gasteiger partial charge in [-0.15, -0.1) is 0 Å². The molecule has 1 atom stereocenters. The molecule has 0 radical (unpaired) electrons. The Kier molecular flexibility index (Phi) is 5.92. The molecule has 0 unspecified atom stereocenters. The van der Waals surface area contributed by atoms with Gasteiger partial charge < -0.3 is 15.1 Å². The average Bonchev–Trinajstić information content (AvgIpc) is 2.99. The van der Waals surface area contributed by atoms with Crippen molar-refractivity contribution in [3.8, 4) is 0 Å². The van der Waals surface area contributed by atoms with Crippen LogP contribution in [0, 0.1) is 5.92 Å². The van der Waals surface area contributed by atoms with Crippen LogP contribution in [0.3, 0.4) is 0 Å². The molecule has 0 saturated heterocycles. The Balaban J connectivity index is 1.82. The van der Waals surface area contributed by atoms with Crippen LogP contribution < -0.4 is 5.32 Å². The van der Waals surface area contributed by atoms with Crippen molar-refractivity contribution in [3.63, 3.8) is 0 Å². The van der Waals surface area contributed by atoms with Crippen LogP contribution in [0.4, 0.5) is 4.79 Å². The van der Waals surface area contributed by atoms with Gasteiger partial charge in [0.25, 0.3) is 0 Å². The minimum atomic E-state index is -0.0747. The van der Waals surface area contributed by atoms with Gasteiger partial charge in [0, 0.05) is 26.7 Å². The third kappa shape index (κ3) is 4.92. The summed E-state index contributed by atoms with van der Waals surface area (Å²) in [6.45, 7) is 7.42. The number of carbonyl (C=O) groups excluding carboxylic acids is 1. The molecule has 7 nitrogen and oxygen atoms in total. The number of aromatic nitrogens is 2. The number of nitrogens with zero attached hydrogens (tertiary/aromatic N) is 4. The van der Waals surface area contributed by atoms with E-state index in [1.165, 1.54) is 0 Å². The van der Waals surface area contributed by atoms with Crippen molar-refractivity contribution in [2.45, 2.75) is 20.4 Å². The third-order valence-corrected chi connectivity index (χ3v) is 3.85. The summed E-state index contributed by atoms with van der Waals surface area (Å²) >= 11 is 0. The first-order valence-electron chi connectivity index (χ1n) is 7.88. The minimum absolute atomic E-state index is 0.0747. The molecule has 2 amide bonds. The number of rotatable bonds is 7. The number of fused-ring (bicyclic) bond motifs is 1. The van der Waals surface area contributed by atoms with Gasteiger partial charge in [0.2, 0.25) is 0 Å². The lowest BCUT2D eigenvalue weighted by atomic mass is 10.1. The first-order valence-corrected chi connectivity index (χ1v) is 7.88. The van der Waals surface area contributed by atoms with E-state index in [2.05, 4.69) is 46.1 Å². The van der Waals surface area contributed by atoms with Crippen LogP contribution >= 0.6 is 0 Å². The molecule has 23 heavy (non-hydrogen) atoms. The van der Waals surface area contributed by atoms with Crippen molar-refractivity contribution >= 4 is 17.1 Å². The Labute approximate surface area is 136 Å². The van der Waals surface area contributed by atoms with Gasteiger partial charge >= 0.3 is 6.03 Å². The summed E-state index contributed by atoms with van der Waals surface area (Å²) in [6, 6.07) is 5.58. The quantitative estimate of drug-likeness (QED) is 0.844. The van der Waals surface area contributed by atoms with Crippen molar-refractivity contribution in [1.29, 1.82) is 0 Å². The Morgan fingerprint density at radius 3 is 2.78 bits per heavy atom. The Morgan fingerprint density at radius 1 is 1.30 bits per heavy atom. The van der Waals surface area contributed by atoms with E-state index in [0.717, 1.165) is 24.2 Å². The molecule has 0 fully saturated rings. The van der Waals surface area contributed by atoms with Crippen LogP contribution in [0.1, 0.15) is 19.4 Å². The molecule has 126 valence electrons. The summed E-state index contributed by atoms with van der Waals surface area (Å²) in [5.41, 5.74) is 2.41. The fourth-order valence-corrected chi connectivity index (χ4v) is 2.39. The van der Waals surface area contributed by atoms with Crippen LogP contribution in [0.15, 0.2) is 22.8 Å². The topological polar surface area (TPSA) is 74.5 Å². The van der Waals surface area contributed by atoms with Gasteiger partial charge in [-0.05, 0) is 47.5 Å². The van der Waals surface area contributed by atoms with E-state index in [-0.39, 0.29) is 6.03 Å². The van der Waals surface area contributed by atoms with Crippen LogP contribution in [0.25, 0.3) is 11.0 Å². The highest BCUT2D eigenvalue weighted by atomic mass is 16.6. The summed E-state index contributed by atoms with van der Waals surface area (Å²) < 4.78 is 4.68. The number of carbonyl (C=O) groups is 1. The van der Waals surface area contributed by atoms with Crippen LogP contribution in [-0.4, -0.2) is 59.9 Å². The molecule has 1 N–H and O–H groups in total. The molecule has 1 aromatic carbocycles. The maximum atomic E-state index is 12.2. The SMILES string of the molecule is CCN(C)C[C@H](C)CNC(=O)N(C)Cc1ccc2nonc2c1. The molecule has 2 aromatic rings. The van der Waals surface area contributed by atoms with Gasteiger partial charge in [-0.25, -0.2) is 9.42 Å². The molecule has 1 heterocycles. The monoisotopic (exact) mass is 319 g/mol. The van der Waals surface area contributed by atoms with E-state index in [1.54, 1.807) is 11.9 Å². The largest absolute Gasteiger partial charge is 0.338 e. The highest BCUT2D eigenvalue weighted by Gasteiger charge is 2.12. The molecule has 0 spiro atoms. The number of hydrogen-bond donors (Lipinski definition) is 1. The molecule has 0 bridgehead atoms. The number of urea groups is 1. The third-order valence-electron chi connectivity index (χ3n) is 3.85. The molecule has 7 heteroatoms. The normalized spacial score (nSPS) is 12.6. The summed E-state index contributed by atoms with van der Waals surface area (Å²) in [7, 11) is 3.86. The molecule has 1 aromatic heterocycles. The first-order chi connectivity index (χ1) is 11.0. The number of nitrogens with one attached hydrogen (secondary N) is 1. The highest BCUT2D eigenvalue weighted by Crippen LogP contribution is 2.13. The molecular formula is C16H25N5O2. The second kappa shape index (κ2) is 7.92. The molecule has 0 saturated carbocycles. The zero-order valence-electron chi connectivity index (χ0n) is 14.2. The molecular weight excluding hydrogens is 294 g/mol. The van der Waals surface area contributed by atoms with Crippen LogP contribution in [0.5, 0.6) is 0 Å². The van der Waals surface area contributed by atoms with Crippen molar-refractivity contribution in [3.05, 3.63) is 23.8 Å². The molecule has 0 aliphatic rings. The molecule has 2 rings (SSSR count). The van der Waals surface area contributed by atoms with Crippen molar-refractivity contribution < 1.29 is 9.42 Å². The van der Waals surface area contributed by atoms with E-state index >= 15 is 0 Å². The standard InChI is InChI=1S/C16H25N5O2/c1-5-20(3)10-12(2)9-17-16(22)21(4)11-13-6-7-14-15(8-13)19-23-18-14/h6-8,12H,5,9-11H2,1-4H3,(H,17,22)/t12-/m1/s1. The lowest BCUT2D eigenvalue weighted by molar-refractivity contribution is 0.203. The van der Waals surface area contributed by atoms with E-state index in [9.17, 15) is 4.79 Å². The lowest BCUT2D eigenvalue weighted by Crippen LogP contribution is -2.40. The Bertz CT molecular complexity index is 642. The van der Waals surface area contributed by atoms with Crippen LogP contribution in [-0.2, 0) is 6.54 Å². The summed E-state index contributed by atoms with van der Waals surface area (Å²) in [6.07, 6.45) is 0. The fraction of sp³-hybridized carbons (Fsp3) is 0.562. The highest BCUT2D eigenvalue weighted by molar-refractivity contribution is 5.75. The van der Waals surface area contributed by atoms with Gasteiger partial charge in [0.1, 0.15) is 11.0 Å². The summed E-state index contributed by atoms with van der Waals surface area (Å²) in [5, 5.41) is 10.6.